The van der Waals surface area contributed by atoms with E-state index in [2.05, 4.69) is 15.5 Å². The Kier molecular flexibility index (Phi) is 7.34. The number of fused-ring (bicyclic) bond motifs is 1. The molecule has 8 heteroatoms. The van der Waals surface area contributed by atoms with Crippen molar-refractivity contribution in [1.29, 1.82) is 0 Å². The first-order valence-electron chi connectivity index (χ1n) is 11.1. The van der Waals surface area contributed by atoms with Crippen molar-refractivity contribution in [3.05, 3.63) is 53.6 Å². The fourth-order valence-electron chi connectivity index (χ4n) is 4.09. The molecule has 0 saturated carbocycles. The molecular weight excluding hydrogens is 410 g/mol. The number of benzene rings is 2. The van der Waals surface area contributed by atoms with Gasteiger partial charge in [0.15, 0.2) is 11.5 Å². The van der Waals surface area contributed by atoms with Gasteiger partial charge in [-0.25, -0.2) is 4.79 Å². The van der Waals surface area contributed by atoms with E-state index in [0.717, 1.165) is 37.2 Å². The van der Waals surface area contributed by atoms with Crippen LogP contribution in [0.5, 0.6) is 17.2 Å². The van der Waals surface area contributed by atoms with Crippen molar-refractivity contribution in [2.24, 2.45) is 0 Å². The number of aliphatic hydroxyl groups excluding tert-OH is 1. The molecule has 4 rings (SSSR count). The number of nitrogens with one attached hydrogen (secondary N) is 2. The zero-order chi connectivity index (χ0) is 22.3. The second-order valence-corrected chi connectivity index (χ2v) is 8.14. The van der Waals surface area contributed by atoms with Gasteiger partial charge in [-0.3, -0.25) is 0 Å². The molecule has 172 valence electrons. The Labute approximate surface area is 188 Å². The molecule has 0 spiro atoms. The number of carbonyl (C=O) groups excluding carboxylic acids is 1. The molecule has 2 heterocycles. The molecule has 0 aliphatic carbocycles. The summed E-state index contributed by atoms with van der Waals surface area (Å²) in [6.07, 6.45) is 1.39. The first kappa shape index (κ1) is 22.2. The highest BCUT2D eigenvalue weighted by atomic mass is 16.6. The molecule has 2 atom stereocenters. The summed E-state index contributed by atoms with van der Waals surface area (Å²) in [6, 6.07) is 12.2. The van der Waals surface area contributed by atoms with Crippen LogP contribution in [0.4, 0.5) is 4.79 Å². The summed E-state index contributed by atoms with van der Waals surface area (Å²) in [6.45, 7) is 3.90. The first-order valence-corrected chi connectivity index (χ1v) is 11.1. The van der Waals surface area contributed by atoms with Crippen LogP contribution in [0.2, 0.25) is 0 Å². The van der Waals surface area contributed by atoms with E-state index in [1.165, 1.54) is 0 Å². The maximum Gasteiger partial charge on any atom is 0.315 e. The lowest BCUT2D eigenvalue weighted by Gasteiger charge is -2.29. The summed E-state index contributed by atoms with van der Waals surface area (Å²) in [4.78, 5) is 14.9. The Morgan fingerprint density at radius 2 is 1.81 bits per heavy atom. The molecule has 2 unspecified atom stereocenters. The number of urea groups is 1. The summed E-state index contributed by atoms with van der Waals surface area (Å²) in [5.74, 6) is 2.07. The number of methoxy groups -OCH3 is 1. The number of hydrogen-bond donors (Lipinski definition) is 3. The van der Waals surface area contributed by atoms with E-state index >= 15 is 0 Å². The Hall–Kier alpha value is -2.97. The second-order valence-electron chi connectivity index (χ2n) is 8.14. The van der Waals surface area contributed by atoms with Gasteiger partial charge in [0, 0.05) is 13.1 Å². The summed E-state index contributed by atoms with van der Waals surface area (Å²) in [5, 5.41) is 17.0. The van der Waals surface area contributed by atoms with Gasteiger partial charge in [0.25, 0.3) is 0 Å². The summed E-state index contributed by atoms with van der Waals surface area (Å²) < 4.78 is 16.4. The van der Waals surface area contributed by atoms with Gasteiger partial charge < -0.3 is 34.9 Å². The number of ether oxygens (including phenoxy) is 3. The van der Waals surface area contributed by atoms with Gasteiger partial charge in [0.1, 0.15) is 25.1 Å². The van der Waals surface area contributed by atoms with Crippen molar-refractivity contribution in [2.45, 2.75) is 31.5 Å². The molecule has 2 amide bonds. The Bertz CT molecular complexity index is 899. The zero-order valence-electron chi connectivity index (χ0n) is 18.4. The van der Waals surface area contributed by atoms with E-state index in [1.54, 1.807) is 13.2 Å². The number of likely N-dealkylation sites (tertiary alicyclic amines) is 1. The lowest BCUT2D eigenvalue weighted by atomic mass is 10.0. The van der Waals surface area contributed by atoms with Crippen LogP contribution < -0.4 is 24.8 Å². The van der Waals surface area contributed by atoms with Crippen LogP contribution in [0.15, 0.2) is 42.5 Å². The van der Waals surface area contributed by atoms with Crippen LogP contribution in [-0.4, -0.2) is 62.0 Å². The second kappa shape index (κ2) is 10.6. The van der Waals surface area contributed by atoms with Crippen LogP contribution in [-0.2, 0) is 6.54 Å². The summed E-state index contributed by atoms with van der Waals surface area (Å²) in [7, 11) is 1.62. The molecule has 2 aliphatic heterocycles. The number of amides is 2. The lowest BCUT2D eigenvalue weighted by molar-refractivity contribution is 0.108. The zero-order valence-corrected chi connectivity index (χ0v) is 18.4. The van der Waals surface area contributed by atoms with E-state index in [4.69, 9.17) is 14.2 Å². The monoisotopic (exact) mass is 441 g/mol. The van der Waals surface area contributed by atoms with Gasteiger partial charge >= 0.3 is 6.03 Å². The SMILES string of the molecule is COc1ccc(CNC(=O)NC(CN2CCCC2)C(O)c2ccc3c(c2)OCCO3)cc1. The minimum atomic E-state index is -0.877. The molecule has 2 aliphatic rings. The minimum absolute atomic E-state index is 0.318. The third-order valence-electron chi connectivity index (χ3n) is 5.87. The predicted octanol–water partition coefficient (Wildman–Crippen LogP) is 2.46. The number of aliphatic hydroxyl groups is 1. The third-order valence-corrected chi connectivity index (χ3v) is 5.87. The minimum Gasteiger partial charge on any atom is -0.497 e. The number of carbonyl (C=O) groups is 1. The first-order chi connectivity index (χ1) is 15.6. The highest BCUT2D eigenvalue weighted by Gasteiger charge is 2.27. The maximum atomic E-state index is 12.7. The molecule has 1 saturated heterocycles. The predicted molar refractivity (Wildman–Crippen MR) is 120 cm³/mol. The average molecular weight is 442 g/mol. The van der Waals surface area contributed by atoms with Crippen LogP contribution >= 0.6 is 0 Å². The van der Waals surface area contributed by atoms with Gasteiger partial charge in [-0.15, -0.1) is 0 Å². The van der Waals surface area contributed by atoms with E-state index in [-0.39, 0.29) is 6.03 Å². The van der Waals surface area contributed by atoms with E-state index < -0.39 is 12.1 Å². The highest BCUT2D eigenvalue weighted by Crippen LogP contribution is 2.33. The molecule has 2 aromatic carbocycles. The molecule has 0 bridgehead atoms. The third kappa shape index (κ3) is 5.63. The van der Waals surface area contributed by atoms with Crippen LogP contribution in [0.3, 0.4) is 0 Å². The van der Waals surface area contributed by atoms with Crippen LogP contribution in [0, 0.1) is 0 Å². The topological polar surface area (TPSA) is 92.3 Å². The quantitative estimate of drug-likeness (QED) is 0.583. The summed E-state index contributed by atoms with van der Waals surface area (Å²) in [5.41, 5.74) is 1.65. The van der Waals surface area contributed by atoms with Gasteiger partial charge in [-0.2, -0.15) is 0 Å². The highest BCUT2D eigenvalue weighted by molar-refractivity contribution is 5.74. The Balaban J connectivity index is 1.41. The van der Waals surface area contributed by atoms with Crippen LogP contribution in [0.1, 0.15) is 30.1 Å². The maximum absolute atomic E-state index is 12.7. The normalized spacial score (nSPS) is 17.4. The lowest BCUT2D eigenvalue weighted by Crippen LogP contribution is -2.49. The largest absolute Gasteiger partial charge is 0.497 e. The van der Waals surface area contributed by atoms with Crippen molar-refractivity contribution in [1.82, 2.24) is 15.5 Å². The molecule has 8 nitrogen and oxygen atoms in total. The number of rotatable bonds is 8. The van der Waals surface area contributed by atoms with Crippen molar-refractivity contribution in [3.63, 3.8) is 0 Å². The summed E-state index contributed by atoms with van der Waals surface area (Å²) >= 11 is 0. The molecule has 1 fully saturated rings. The molecular formula is C24H31N3O5. The Morgan fingerprint density at radius 1 is 1.09 bits per heavy atom. The van der Waals surface area contributed by atoms with E-state index in [9.17, 15) is 9.90 Å². The van der Waals surface area contributed by atoms with Gasteiger partial charge in [0.05, 0.1) is 13.2 Å². The molecule has 0 aromatic heterocycles. The Morgan fingerprint density at radius 3 is 2.53 bits per heavy atom. The van der Waals surface area contributed by atoms with Gasteiger partial charge in [-0.05, 0) is 61.3 Å². The molecule has 32 heavy (non-hydrogen) atoms. The number of nitrogens with zero attached hydrogens (tertiary/aromatic N) is 1. The van der Waals surface area contributed by atoms with E-state index in [0.29, 0.717) is 43.4 Å². The van der Waals surface area contributed by atoms with E-state index in [1.807, 2.05) is 36.4 Å². The molecule has 3 N–H and O–H groups in total. The molecule has 0 radical (unpaired) electrons. The standard InChI is InChI=1S/C24H31N3O5/c1-30-19-7-4-17(5-8-19)15-25-24(29)26-20(16-27-10-2-3-11-27)23(28)18-6-9-21-22(14-18)32-13-12-31-21/h4-9,14,20,23,28H,2-3,10-13,15-16H2,1H3,(H2,25,26,29). The van der Waals surface area contributed by atoms with Crippen molar-refractivity contribution < 1.29 is 24.1 Å². The van der Waals surface area contributed by atoms with Crippen molar-refractivity contribution in [2.75, 3.05) is 40.0 Å². The molecule has 2 aromatic rings. The average Bonchev–Trinajstić information content (AvgIpc) is 3.35. The smallest absolute Gasteiger partial charge is 0.315 e. The van der Waals surface area contributed by atoms with Crippen molar-refractivity contribution in [3.8, 4) is 17.2 Å². The fraction of sp³-hybridized carbons (Fsp3) is 0.458. The fourth-order valence-corrected chi connectivity index (χ4v) is 4.09. The van der Waals surface area contributed by atoms with Crippen molar-refractivity contribution >= 4 is 6.03 Å². The van der Waals surface area contributed by atoms with Gasteiger partial charge in [-0.1, -0.05) is 18.2 Å². The number of hydrogen-bond acceptors (Lipinski definition) is 6. The van der Waals surface area contributed by atoms with Gasteiger partial charge in [0.2, 0.25) is 0 Å². The van der Waals surface area contributed by atoms with Crippen LogP contribution in [0.25, 0.3) is 0 Å².